The lowest BCUT2D eigenvalue weighted by atomic mass is 9.73. The average molecular weight is 441 g/mol. The van der Waals surface area contributed by atoms with Gasteiger partial charge in [0.05, 0.1) is 19.9 Å². The Hall–Kier alpha value is -2.86. The number of methoxy groups -OCH3 is 2. The van der Waals surface area contributed by atoms with E-state index in [2.05, 4.69) is 5.10 Å². The number of carbonyl (C=O) groups excluding carboxylic acids is 2. The molecular formula is C24H25ClN2O4. The van der Waals surface area contributed by atoms with Crippen molar-refractivity contribution in [3.05, 3.63) is 58.6 Å². The van der Waals surface area contributed by atoms with Crippen molar-refractivity contribution >= 4 is 29.0 Å². The third kappa shape index (κ3) is 4.30. The number of amides is 1. The van der Waals surface area contributed by atoms with Crippen LogP contribution in [0.5, 0.6) is 11.5 Å². The van der Waals surface area contributed by atoms with Crippen molar-refractivity contribution in [1.82, 2.24) is 5.01 Å². The molecule has 2 aromatic carbocycles. The normalized spacial score (nSPS) is 20.7. The van der Waals surface area contributed by atoms with Crippen molar-refractivity contribution in [3.63, 3.8) is 0 Å². The van der Waals surface area contributed by atoms with Gasteiger partial charge in [-0.1, -0.05) is 24.4 Å². The summed E-state index contributed by atoms with van der Waals surface area (Å²) in [7, 11) is 3.18. The van der Waals surface area contributed by atoms with E-state index in [1.54, 1.807) is 38.5 Å². The Bertz CT molecular complexity index is 1020. The van der Waals surface area contributed by atoms with Crippen LogP contribution in [0.3, 0.4) is 0 Å². The number of Topliss-reactive ketones (excluding diaryl/α,β-unsaturated/α-hetero) is 1. The molecule has 6 nitrogen and oxygen atoms in total. The van der Waals surface area contributed by atoms with Gasteiger partial charge in [-0.25, -0.2) is 5.01 Å². The number of hydrogen-bond acceptors (Lipinski definition) is 5. The van der Waals surface area contributed by atoms with Gasteiger partial charge in [0, 0.05) is 28.0 Å². The summed E-state index contributed by atoms with van der Waals surface area (Å²) >= 11 is 5.92. The summed E-state index contributed by atoms with van der Waals surface area (Å²) in [6, 6.07) is 12.3. The molecule has 0 radical (unpaired) electrons. The molecule has 2 aromatic rings. The van der Waals surface area contributed by atoms with Gasteiger partial charge in [-0.3, -0.25) is 9.59 Å². The zero-order chi connectivity index (χ0) is 22.0. The van der Waals surface area contributed by atoms with Crippen LogP contribution in [-0.4, -0.2) is 43.2 Å². The lowest BCUT2D eigenvalue weighted by Gasteiger charge is -2.38. The molecule has 1 aliphatic heterocycles. The van der Waals surface area contributed by atoms with Gasteiger partial charge in [0.2, 0.25) is 5.91 Å². The van der Waals surface area contributed by atoms with E-state index in [0.717, 1.165) is 37.0 Å². The molecule has 0 unspecified atom stereocenters. The predicted molar refractivity (Wildman–Crippen MR) is 119 cm³/mol. The highest BCUT2D eigenvalue weighted by atomic mass is 35.5. The minimum atomic E-state index is -0.172. The summed E-state index contributed by atoms with van der Waals surface area (Å²) in [6.07, 6.45) is 3.78. The van der Waals surface area contributed by atoms with E-state index in [1.165, 1.54) is 5.01 Å². The topological polar surface area (TPSA) is 68.2 Å². The number of ketones is 1. The van der Waals surface area contributed by atoms with E-state index >= 15 is 0 Å². The summed E-state index contributed by atoms with van der Waals surface area (Å²) in [5, 5.41) is 6.59. The molecule has 162 valence electrons. The van der Waals surface area contributed by atoms with Crippen LogP contribution in [0, 0.1) is 11.8 Å². The third-order valence-corrected chi connectivity index (χ3v) is 6.31. The Labute approximate surface area is 186 Å². The highest BCUT2D eigenvalue weighted by Gasteiger charge is 2.41. The highest BCUT2D eigenvalue weighted by Crippen LogP contribution is 2.39. The molecule has 1 aliphatic carbocycles. The van der Waals surface area contributed by atoms with Crippen molar-refractivity contribution in [2.24, 2.45) is 16.9 Å². The van der Waals surface area contributed by atoms with E-state index in [9.17, 15) is 9.59 Å². The smallest absolute Gasteiger partial charge is 0.246 e. The summed E-state index contributed by atoms with van der Waals surface area (Å²) < 4.78 is 10.8. The monoisotopic (exact) mass is 440 g/mol. The molecule has 31 heavy (non-hydrogen) atoms. The number of rotatable bonds is 6. The highest BCUT2D eigenvalue weighted by molar-refractivity contribution is 6.30. The maximum Gasteiger partial charge on any atom is 0.246 e. The Morgan fingerprint density at radius 1 is 1.03 bits per heavy atom. The molecule has 2 aliphatic rings. The van der Waals surface area contributed by atoms with Crippen molar-refractivity contribution in [3.8, 4) is 11.5 Å². The fraction of sp³-hybridized carbons (Fsp3) is 0.375. The van der Waals surface area contributed by atoms with Crippen molar-refractivity contribution in [1.29, 1.82) is 0 Å². The summed E-state index contributed by atoms with van der Waals surface area (Å²) in [4.78, 5) is 26.0. The Morgan fingerprint density at radius 2 is 1.71 bits per heavy atom. The molecule has 1 fully saturated rings. The van der Waals surface area contributed by atoms with Crippen LogP contribution in [-0.2, 0) is 4.79 Å². The van der Waals surface area contributed by atoms with Crippen LogP contribution < -0.4 is 9.47 Å². The van der Waals surface area contributed by atoms with Crippen molar-refractivity contribution < 1.29 is 19.1 Å². The van der Waals surface area contributed by atoms with Gasteiger partial charge in [-0.05, 0) is 55.3 Å². The molecule has 7 heteroatoms. The van der Waals surface area contributed by atoms with E-state index < -0.39 is 0 Å². The first-order valence-corrected chi connectivity index (χ1v) is 10.8. The third-order valence-electron chi connectivity index (χ3n) is 6.06. The van der Waals surface area contributed by atoms with Crippen LogP contribution in [0.1, 0.15) is 41.6 Å². The van der Waals surface area contributed by atoms with Gasteiger partial charge in [-0.15, -0.1) is 0 Å². The number of halogens is 1. The van der Waals surface area contributed by atoms with Crippen molar-refractivity contribution in [2.45, 2.75) is 25.7 Å². The largest absolute Gasteiger partial charge is 0.493 e. The van der Waals surface area contributed by atoms with Gasteiger partial charge < -0.3 is 9.47 Å². The SMILES string of the molecule is COc1ccc(C2=NN(CC(=O)c3ccc(Cl)cc3)C(=O)[C@@H]3CCCC[C@H]23)cc1OC. The van der Waals surface area contributed by atoms with Gasteiger partial charge in [0.15, 0.2) is 17.3 Å². The predicted octanol–water partition coefficient (Wildman–Crippen LogP) is 4.59. The Morgan fingerprint density at radius 3 is 2.39 bits per heavy atom. The molecule has 0 spiro atoms. The van der Waals surface area contributed by atoms with Gasteiger partial charge in [-0.2, -0.15) is 5.10 Å². The van der Waals surface area contributed by atoms with Gasteiger partial charge in [0.1, 0.15) is 6.54 Å². The number of carbonyl (C=O) groups is 2. The zero-order valence-electron chi connectivity index (χ0n) is 17.6. The standard InChI is InChI=1S/C24H25ClN2O4/c1-30-21-12-9-16(13-22(21)31-2)23-18-5-3-4-6-19(18)24(29)27(26-23)14-20(28)15-7-10-17(25)11-8-15/h7-13,18-19H,3-6,14H2,1-2H3/t18-,19+/m0/s1. The van der Waals surface area contributed by atoms with E-state index in [-0.39, 0.29) is 30.1 Å². The number of fused-ring (bicyclic) bond motifs is 1. The van der Waals surface area contributed by atoms with Crippen LogP contribution in [0.2, 0.25) is 5.02 Å². The lowest BCUT2D eigenvalue weighted by Crippen LogP contribution is -2.47. The first-order chi connectivity index (χ1) is 15.0. The second-order valence-electron chi connectivity index (χ2n) is 7.88. The molecule has 0 N–H and O–H groups in total. The summed E-state index contributed by atoms with van der Waals surface area (Å²) in [5.74, 6) is 0.879. The molecule has 1 amide bonds. The Kier molecular flexibility index (Phi) is 6.28. The fourth-order valence-corrected chi connectivity index (χ4v) is 4.57. The molecule has 2 atom stereocenters. The van der Waals surface area contributed by atoms with Gasteiger partial charge in [0.25, 0.3) is 0 Å². The summed E-state index contributed by atoms with van der Waals surface area (Å²) in [5.41, 5.74) is 2.21. The van der Waals surface area contributed by atoms with Crippen LogP contribution >= 0.6 is 11.6 Å². The first kappa shape index (κ1) is 21.4. The van der Waals surface area contributed by atoms with Crippen LogP contribution in [0.25, 0.3) is 0 Å². The second kappa shape index (κ2) is 9.10. The minimum absolute atomic E-state index is 0.0428. The molecule has 0 saturated heterocycles. The second-order valence-corrected chi connectivity index (χ2v) is 8.31. The number of benzene rings is 2. The van der Waals surface area contributed by atoms with Crippen LogP contribution in [0.4, 0.5) is 0 Å². The average Bonchev–Trinajstić information content (AvgIpc) is 2.80. The number of hydrazone groups is 1. The maximum absolute atomic E-state index is 13.2. The molecule has 0 aromatic heterocycles. The van der Waals surface area contributed by atoms with Crippen LogP contribution in [0.15, 0.2) is 47.6 Å². The molecule has 4 rings (SSSR count). The fourth-order valence-electron chi connectivity index (χ4n) is 4.44. The minimum Gasteiger partial charge on any atom is -0.493 e. The molecule has 0 bridgehead atoms. The van der Waals surface area contributed by atoms with E-state index in [0.29, 0.717) is 22.1 Å². The molecular weight excluding hydrogens is 416 g/mol. The molecule has 1 heterocycles. The number of nitrogens with zero attached hydrogens (tertiary/aromatic N) is 2. The molecule has 1 saturated carbocycles. The van der Waals surface area contributed by atoms with Crippen molar-refractivity contribution in [2.75, 3.05) is 20.8 Å². The Balaban J connectivity index is 1.69. The zero-order valence-corrected chi connectivity index (χ0v) is 18.4. The lowest BCUT2D eigenvalue weighted by molar-refractivity contribution is -0.138. The maximum atomic E-state index is 13.2. The van der Waals surface area contributed by atoms with Gasteiger partial charge >= 0.3 is 0 Å². The summed E-state index contributed by atoms with van der Waals surface area (Å²) in [6.45, 7) is -0.0968. The van der Waals surface area contributed by atoms with E-state index in [1.807, 2.05) is 18.2 Å². The first-order valence-electron chi connectivity index (χ1n) is 10.4. The number of hydrogen-bond donors (Lipinski definition) is 0. The quantitative estimate of drug-likeness (QED) is 0.616. The number of ether oxygens (including phenoxy) is 2. The van der Waals surface area contributed by atoms with E-state index in [4.69, 9.17) is 21.1 Å².